The Balaban J connectivity index is 1.28. The van der Waals surface area contributed by atoms with E-state index < -0.39 is 10.0 Å². The number of carbonyl (C=O) groups is 1. The predicted molar refractivity (Wildman–Crippen MR) is 106 cm³/mol. The van der Waals surface area contributed by atoms with Crippen molar-refractivity contribution >= 4 is 27.7 Å². The van der Waals surface area contributed by atoms with Crippen LogP contribution in [0.15, 0.2) is 57.0 Å². The fourth-order valence-corrected chi connectivity index (χ4v) is 3.70. The summed E-state index contributed by atoms with van der Waals surface area (Å²) in [5.74, 6) is 1.42. The van der Waals surface area contributed by atoms with Gasteiger partial charge in [-0.05, 0) is 35.9 Å². The molecule has 0 bridgehead atoms. The molecule has 0 unspecified atom stereocenters. The highest BCUT2D eigenvalue weighted by atomic mass is 32.2. The third-order valence-corrected chi connectivity index (χ3v) is 5.84. The largest absolute Gasteiger partial charge is 0.454 e. The highest BCUT2D eigenvalue weighted by molar-refractivity contribution is 7.99. The average molecular weight is 448 g/mol. The van der Waals surface area contributed by atoms with Crippen LogP contribution in [0.4, 0.5) is 0 Å². The van der Waals surface area contributed by atoms with Crippen molar-refractivity contribution in [2.24, 2.45) is 5.14 Å². The Hall–Kier alpha value is -3.09. The lowest BCUT2D eigenvalue weighted by Gasteiger charge is -2.05. The first kappa shape index (κ1) is 20.2. The first-order chi connectivity index (χ1) is 14.4. The van der Waals surface area contributed by atoms with Gasteiger partial charge in [-0.2, -0.15) is 0 Å². The molecular weight excluding hydrogens is 432 g/mol. The third-order valence-electron chi connectivity index (χ3n) is 4.09. The molecular formula is C18H16N4O6S2. The van der Waals surface area contributed by atoms with E-state index in [9.17, 15) is 13.2 Å². The van der Waals surface area contributed by atoms with Crippen LogP contribution in [0.5, 0.6) is 11.5 Å². The number of nitrogens with two attached hydrogens (primary N) is 1. The van der Waals surface area contributed by atoms with Gasteiger partial charge in [0, 0.05) is 12.1 Å². The van der Waals surface area contributed by atoms with Crippen molar-refractivity contribution in [1.29, 1.82) is 0 Å². The Morgan fingerprint density at radius 3 is 2.63 bits per heavy atom. The molecule has 0 radical (unpaired) electrons. The van der Waals surface area contributed by atoms with Crippen molar-refractivity contribution in [3.05, 3.63) is 48.0 Å². The van der Waals surface area contributed by atoms with Crippen molar-refractivity contribution in [2.75, 3.05) is 12.5 Å². The minimum absolute atomic E-state index is 0.0165. The van der Waals surface area contributed by atoms with Gasteiger partial charge in [-0.3, -0.25) is 4.79 Å². The molecule has 12 heteroatoms. The minimum Gasteiger partial charge on any atom is -0.454 e. The van der Waals surface area contributed by atoms with E-state index in [1.807, 2.05) is 0 Å². The van der Waals surface area contributed by atoms with Crippen LogP contribution in [0.25, 0.3) is 11.5 Å². The molecule has 0 aliphatic carbocycles. The number of hydrogen-bond acceptors (Lipinski definition) is 9. The summed E-state index contributed by atoms with van der Waals surface area (Å²) in [7, 11) is -3.74. The van der Waals surface area contributed by atoms with Gasteiger partial charge in [-0.25, -0.2) is 13.6 Å². The van der Waals surface area contributed by atoms with Crippen molar-refractivity contribution in [2.45, 2.75) is 16.7 Å². The topological polar surface area (TPSA) is 147 Å². The summed E-state index contributed by atoms with van der Waals surface area (Å²) in [4.78, 5) is 12.1. The summed E-state index contributed by atoms with van der Waals surface area (Å²) in [6.07, 6.45) is 0. The van der Waals surface area contributed by atoms with Crippen LogP contribution >= 0.6 is 11.8 Å². The number of primary sulfonamides is 1. The van der Waals surface area contributed by atoms with E-state index >= 15 is 0 Å². The van der Waals surface area contributed by atoms with Crippen LogP contribution < -0.4 is 19.9 Å². The van der Waals surface area contributed by atoms with Crippen LogP contribution in [0.3, 0.4) is 0 Å². The number of hydrogen-bond donors (Lipinski definition) is 2. The van der Waals surface area contributed by atoms with E-state index in [0.717, 1.165) is 17.3 Å². The van der Waals surface area contributed by atoms with Crippen molar-refractivity contribution < 1.29 is 27.1 Å². The lowest BCUT2D eigenvalue weighted by molar-refractivity contribution is -0.118. The third kappa shape index (κ3) is 4.72. The second-order valence-corrected chi connectivity index (χ2v) is 8.68. The molecule has 0 saturated heterocycles. The van der Waals surface area contributed by atoms with Crippen LogP contribution in [0, 0.1) is 0 Å². The normalized spacial score (nSPS) is 12.7. The van der Waals surface area contributed by atoms with Crippen molar-refractivity contribution in [1.82, 2.24) is 15.5 Å². The van der Waals surface area contributed by atoms with Crippen LogP contribution in [-0.2, 0) is 21.4 Å². The standard InChI is InChI=1S/C18H16N4O6S2/c19-30(24,25)13-4-1-11(2-5-13)8-20-16(23)9-29-18-22-21-17(28-18)12-3-6-14-15(7-12)27-10-26-14/h1-7H,8-10H2,(H,20,23)(H2,19,24,25). The maximum atomic E-state index is 12.1. The van der Waals surface area contributed by atoms with Gasteiger partial charge in [0.2, 0.25) is 28.6 Å². The molecule has 30 heavy (non-hydrogen) atoms. The molecule has 2 aromatic carbocycles. The van der Waals surface area contributed by atoms with E-state index in [1.165, 1.54) is 12.1 Å². The summed E-state index contributed by atoms with van der Waals surface area (Å²) < 4.78 is 38.7. The summed E-state index contributed by atoms with van der Waals surface area (Å²) in [5, 5.41) is 16.0. The van der Waals surface area contributed by atoms with Crippen LogP contribution in [0.1, 0.15) is 5.56 Å². The second-order valence-electron chi connectivity index (χ2n) is 6.20. The van der Waals surface area contributed by atoms with Gasteiger partial charge < -0.3 is 19.2 Å². The number of thioether (sulfide) groups is 1. The number of aromatic nitrogens is 2. The quantitative estimate of drug-likeness (QED) is 0.513. The lowest BCUT2D eigenvalue weighted by Crippen LogP contribution is -2.24. The summed E-state index contributed by atoms with van der Waals surface area (Å²) >= 11 is 1.11. The summed E-state index contributed by atoms with van der Waals surface area (Å²) in [6.45, 7) is 0.422. The van der Waals surface area contributed by atoms with Crippen molar-refractivity contribution in [3.63, 3.8) is 0 Å². The van der Waals surface area contributed by atoms with E-state index in [-0.39, 0.29) is 35.1 Å². The fraction of sp³-hybridized carbons (Fsp3) is 0.167. The Morgan fingerprint density at radius 2 is 1.87 bits per heavy atom. The zero-order valence-corrected chi connectivity index (χ0v) is 17.0. The van der Waals surface area contributed by atoms with Gasteiger partial charge in [-0.1, -0.05) is 23.9 Å². The summed E-state index contributed by atoms with van der Waals surface area (Å²) in [5.41, 5.74) is 1.43. The molecule has 0 fully saturated rings. The van der Waals surface area contributed by atoms with E-state index in [2.05, 4.69) is 15.5 Å². The SMILES string of the molecule is NS(=O)(=O)c1ccc(CNC(=O)CSc2nnc(-c3ccc4c(c3)OCO4)o2)cc1. The first-order valence-electron chi connectivity index (χ1n) is 8.63. The van der Waals surface area contributed by atoms with Gasteiger partial charge in [0.05, 0.1) is 10.6 Å². The molecule has 156 valence electrons. The number of amides is 1. The Bertz CT molecular complexity index is 1180. The number of rotatable bonds is 7. The van der Waals surface area contributed by atoms with Crippen LogP contribution in [0.2, 0.25) is 0 Å². The summed E-state index contributed by atoms with van der Waals surface area (Å²) in [6, 6.07) is 11.2. The zero-order chi connectivity index (χ0) is 21.1. The number of carbonyl (C=O) groups excluding carboxylic acids is 1. The van der Waals surface area contributed by atoms with Gasteiger partial charge in [0.25, 0.3) is 5.22 Å². The molecule has 0 saturated carbocycles. The number of benzene rings is 2. The number of fused-ring (bicyclic) bond motifs is 1. The molecule has 1 aliphatic rings. The first-order valence-corrected chi connectivity index (χ1v) is 11.2. The Kier molecular flexibility index (Phi) is 5.61. The molecule has 1 aromatic heterocycles. The van der Waals surface area contributed by atoms with Crippen molar-refractivity contribution in [3.8, 4) is 23.0 Å². The van der Waals surface area contributed by atoms with E-state index in [0.29, 0.717) is 23.0 Å². The lowest BCUT2D eigenvalue weighted by atomic mass is 10.2. The number of nitrogens with zero attached hydrogens (tertiary/aromatic N) is 2. The Labute approximate surface area is 175 Å². The molecule has 1 amide bonds. The Morgan fingerprint density at radius 1 is 1.10 bits per heavy atom. The molecule has 0 spiro atoms. The molecule has 2 heterocycles. The van der Waals surface area contributed by atoms with Gasteiger partial charge in [0.1, 0.15) is 0 Å². The number of ether oxygens (including phenoxy) is 2. The maximum Gasteiger partial charge on any atom is 0.277 e. The molecule has 1 aliphatic heterocycles. The highest BCUT2D eigenvalue weighted by Gasteiger charge is 2.17. The molecule has 4 rings (SSSR count). The zero-order valence-electron chi connectivity index (χ0n) is 15.4. The van der Waals surface area contributed by atoms with E-state index in [4.69, 9.17) is 19.0 Å². The monoisotopic (exact) mass is 448 g/mol. The van der Waals surface area contributed by atoms with Gasteiger partial charge in [-0.15, -0.1) is 10.2 Å². The molecule has 0 atom stereocenters. The average Bonchev–Trinajstić information content (AvgIpc) is 3.39. The molecule has 3 N–H and O–H groups in total. The highest BCUT2D eigenvalue weighted by Crippen LogP contribution is 2.35. The predicted octanol–water partition coefficient (Wildman–Crippen LogP) is 1.52. The van der Waals surface area contributed by atoms with Gasteiger partial charge in [0.15, 0.2) is 11.5 Å². The molecule has 3 aromatic rings. The smallest absolute Gasteiger partial charge is 0.277 e. The second kappa shape index (κ2) is 8.34. The maximum absolute atomic E-state index is 12.1. The number of sulfonamides is 1. The number of nitrogens with one attached hydrogen (secondary N) is 1. The molecule has 10 nitrogen and oxygen atoms in total. The van der Waals surface area contributed by atoms with E-state index in [1.54, 1.807) is 30.3 Å². The fourth-order valence-electron chi connectivity index (χ4n) is 2.59. The van der Waals surface area contributed by atoms with Crippen LogP contribution in [-0.4, -0.2) is 37.1 Å². The van der Waals surface area contributed by atoms with Gasteiger partial charge >= 0.3 is 0 Å². The minimum atomic E-state index is -3.74.